The molecular weight excluding hydrogens is 392 g/mol. The number of carboxylic acid groups (broad SMARTS) is 1. The van der Waals surface area contributed by atoms with Crippen molar-refractivity contribution in [3.8, 4) is 0 Å². The van der Waals surface area contributed by atoms with Gasteiger partial charge in [-0.05, 0) is 104 Å². The number of ether oxygens (including phenoxy) is 1. The number of aliphatic carboxylic acids is 1. The molecule has 5 nitrogen and oxygen atoms in total. The summed E-state index contributed by atoms with van der Waals surface area (Å²) in [6, 6.07) is 0. The van der Waals surface area contributed by atoms with Gasteiger partial charge in [-0.15, -0.1) is 0 Å². The molecule has 4 fully saturated rings. The van der Waals surface area contributed by atoms with Crippen molar-refractivity contribution in [3.05, 3.63) is 0 Å². The minimum absolute atomic E-state index is 0.0814. The van der Waals surface area contributed by atoms with Crippen LogP contribution in [0.1, 0.15) is 85.0 Å². The van der Waals surface area contributed by atoms with E-state index in [1.54, 1.807) is 0 Å². The van der Waals surface area contributed by atoms with Gasteiger partial charge in [0.1, 0.15) is 0 Å². The Labute approximate surface area is 187 Å². The molecule has 0 amide bonds. The van der Waals surface area contributed by atoms with Crippen molar-refractivity contribution in [3.63, 3.8) is 0 Å². The molecule has 4 rings (SSSR count). The van der Waals surface area contributed by atoms with E-state index < -0.39 is 5.97 Å². The number of hydrogen-bond acceptors (Lipinski definition) is 4. The summed E-state index contributed by atoms with van der Waals surface area (Å²) in [5.41, 5.74) is 0.530. The fourth-order valence-electron chi connectivity index (χ4n) is 9.08. The van der Waals surface area contributed by atoms with Gasteiger partial charge in [-0.25, -0.2) is 0 Å². The van der Waals surface area contributed by atoms with Crippen molar-refractivity contribution in [1.82, 2.24) is 0 Å². The van der Waals surface area contributed by atoms with Gasteiger partial charge in [-0.3, -0.25) is 4.79 Å². The van der Waals surface area contributed by atoms with Gasteiger partial charge in [0.25, 0.3) is 0 Å². The molecule has 31 heavy (non-hydrogen) atoms. The zero-order valence-electron chi connectivity index (χ0n) is 19.8. The van der Waals surface area contributed by atoms with Crippen molar-refractivity contribution < 1.29 is 24.9 Å². The maximum absolute atomic E-state index is 11.4. The third-order valence-corrected chi connectivity index (χ3v) is 10.7. The standard InChI is InChI=1S/C26H44O5/c1-16(4-7-23(29)30)19-5-6-20-24-21(9-11-26(19,20)3)25(2)10-8-18(31-13-12-27)14-17(25)15-22(24)28/h16-22,24,27-28H,4-15H2,1-3H3,(H,29,30)/t16-,17?,18?,19?,20?,21?,22?,24?,25?,26?/m1/s1. The second kappa shape index (κ2) is 8.95. The number of aliphatic hydroxyl groups is 2. The Morgan fingerprint density at radius 1 is 1.06 bits per heavy atom. The molecule has 9 unspecified atom stereocenters. The highest BCUT2D eigenvalue weighted by molar-refractivity contribution is 5.66. The van der Waals surface area contributed by atoms with Crippen molar-refractivity contribution in [2.75, 3.05) is 13.2 Å². The SMILES string of the molecule is C[C@H](CCC(=O)O)C1CCC2C3C(O)CC4CC(OCCO)CCC4(C)C3CCC21C. The Kier molecular flexibility index (Phi) is 6.78. The Morgan fingerprint density at radius 2 is 1.77 bits per heavy atom. The molecule has 4 saturated carbocycles. The van der Waals surface area contributed by atoms with Crippen LogP contribution in [0.4, 0.5) is 0 Å². The summed E-state index contributed by atoms with van der Waals surface area (Å²) >= 11 is 0. The number of rotatable bonds is 7. The first-order valence-electron chi connectivity index (χ1n) is 12.8. The van der Waals surface area contributed by atoms with Gasteiger partial charge in [0.2, 0.25) is 0 Å². The number of aliphatic hydroxyl groups excluding tert-OH is 2. The number of fused-ring (bicyclic) bond motifs is 5. The Balaban J connectivity index is 1.50. The lowest BCUT2D eigenvalue weighted by atomic mass is 9.43. The van der Waals surface area contributed by atoms with Gasteiger partial charge in [0.15, 0.2) is 0 Å². The molecule has 4 aliphatic carbocycles. The van der Waals surface area contributed by atoms with Crippen LogP contribution in [-0.2, 0) is 9.53 Å². The zero-order chi connectivity index (χ0) is 22.4. The number of carbonyl (C=O) groups is 1. The molecule has 0 saturated heterocycles. The van der Waals surface area contributed by atoms with Crippen LogP contribution in [-0.4, -0.2) is 46.7 Å². The van der Waals surface area contributed by atoms with E-state index in [0.29, 0.717) is 42.1 Å². The van der Waals surface area contributed by atoms with Gasteiger partial charge in [-0.1, -0.05) is 20.8 Å². The molecule has 4 aliphatic rings. The minimum atomic E-state index is -0.685. The summed E-state index contributed by atoms with van der Waals surface area (Å²) in [6.07, 6.45) is 10.0. The van der Waals surface area contributed by atoms with Gasteiger partial charge < -0.3 is 20.1 Å². The van der Waals surface area contributed by atoms with E-state index in [1.165, 1.54) is 32.1 Å². The fourth-order valence-corrected chi connectivity index (χ4v) is 9.08. The van der Waals surface area contributed by atoms with Crippen molar-refractivity contribution in [2.45, 2.75) is 97.2 Å². The molecule has 0 aromatic rings. The molecule has 0 aromatic carbocycles. The smallest absolute Gasteiger partial charge is 0.303 e. The monoisotopic (exact) mass is 436 g/mol. The lowest BCUT2D eigenvalue weighted by Gasteiger charge is -2.62. The van der Waals surface area contributed by atoms with Gasteiger partial charge in [0, 0.05) is 6.42 Å². The molecule has 0 aliphatic heterocycles. The lowest BCUT2D eigenvalue weighted by molar-refractivity contribution is -0.179. The van der Waals surface area contributed by atoms with E-state index >= 15 is 0 Å². The van der Waals surface area contributed by atoms with Crippen LogP contribution >= 0.6 is 0 Å². The predicted molar refractivity (Wildman–Crippen MR) is 119 cm³/mol. The quantitative estimate of drug-likeness (QED) is 0.547. The maximum atomic E-state index is 11.4. The second-order valence-electron chi connectivity index (χ2n) is 11.9. The Morgan fingerprint density at radius 3 is 2.48 bits per heavy atom. The van der Waals surface area contributed by atoms with Crippen LogP contribution in [0, 0.1) is 46.3 Å². The van der Waals surface area contributed by atoms with E-state index in [0.717, 1.165) is 25.7 Å². The first-order valence-corrected chi connectivity index (χ1v) is 12.8. The topological polar surface area (TPSA) is 87.0 Å². The van der Waals surface area contributed by atoms with E-state index in [-0.39, 0.29) is 36.1 Å². The summed E-state index contributed by atoms with van der Waals surface area (Å²) in [5, 5.41) is 29.7. The highest BCUT2D eigenvalue weighted by atomic mass is 16.5. The summed E-state index contributed by atoms with van der Waals surface area (Å²) in [6.45, 7) is 7.72. The third-order valence-electron chi connectivity index (χ3n) is 10.7. The molecule has 3 N–H and O–H groups in total. The highest BCUT2D eigenvalue weighted by Crippen LogP contribution is 2.68. The third kappa shape index (κ3) is 4.08. The molecule has 5 heteroatoms. The molecule has 0 aromatic heterocycles. The van der Waals surface area contributed by atoms with E-state index in [2.05, 4.69) is 20.8 Å². The van der Waals surface area contributed by atoms with E-state index in [9.17, 15) is 9.90 Å². The van der Waals surface area contributed by atoms with Gasteiger partial charge in [0.05, 0.1) is 25.4 Å². The minimum Gasteiger partial charge on any atom is -0.481 e. The Hall–Kier alpha value is -0.650. The number of hydrogen-bond donors (Lipinski definition) is 3. The van der Waals surface area contributed by atoms with Crippen LogP contribution < -0.4 is 0 Å². The normalized spacial score (nSPS) is 47.8. The predicted octanol–water partition coefficient (Wildman–Crippen LogP) is 4.49. The van der Waals surface area contributed by atoms with E-state index in [1.807, 2.05) is 0 Å². The van der Waals surface area contributed by atoms with E-state index in [4.69, 9.17) is 14.9 Å². The second-order valence-corrected chi connectivity index (χ2v) is 11.9. The number of carboxylic acids is 1. The van der Waals surface area contributed by atoms with Gasteiger partial charge >= 0.3 is 5.97 Å². The van der Waals surface area contributed by atoms with Crippen molar-refractivity contribution >= 4 is 5.97 Å². The molecule has 0 spiro atoms. The highest BCUT2D eigenvalue weighted by Gasteiger charge is 2.62. The van der Waals surface area contributed by atoms with Crippen LogP contribution in [0.25, 0.3) is 0 Å². The largest absolute Gasteiger partial charge is 0.481 e. The summed E-state index contributed by atoms with van der Waals surface area (Å²) < 4.78 is 5.89. The summed E-state index contributed by atoms with van der Waals surface area (Å²) in [4.78, 5) is 11.1. The van der Waals surface area contributed by atoms with Crippen molar-refractivity contribution in [1.29, 1.82) is 0 Å². The van der Waals surface area contributed by atoms with Crippen LogP contribution in [0.15, 0.2) is 0 Å². The average molecular weight is 437 g/mol. The van der Waals surface area contributed by atoms with Gasteiger partial charge in [-0.2, -0.15) is 0 Å². The van der Waals surface area contributed by atoms with Crippen LogP contribution in [0.3, 0.4) is 0 Å². The molecule has 10 atom stereocenters. The first-order chi connectivity index (χ1) is 14.7. The molecule has 0 heterocycles. The first kappa shape index (κ1) is 23.5. The zero-order valence-corrected chi connectivity index (χ0v) is 19.8. The Bertz CT molecular complexity index is 652. The molecular formula is C26H44O5. The summed E-state index contributed by atoms with van der Waals surface area (Å²) in [5.74, 6) is 2.40. The van der Waals surface area contributed by atoms with Crippen molar-refractivity contribution in [2.24, 2.45) is 46.3 Å². The average Bonchev–Trinajstić information content (AvgIpc) is 3.08. The molecule has 0 radical (unpaired) electrons. The molecule has 0 bridgehead atoms. The summed E-state index contributed by atoms with van der Waals surface area (Å²) in [7, 11) is 0. The fraction of sp³-hybridized carbons (Fsp3) is 0.962. The lowest BCUT2D eigenvalue weighted by Crippen LogP contribution is -2.58. The maximum Gasteiger partial charge on any atom is 0.303 e. The van der Waals surface area contributed by atoms with Crippen LogP contribution in [0.5, 0.6) is 0 Å². The van der Waals surface area contributed by atoms with Crippen LogP contribution in [0.2, 0.25) is 0 Å². The molecule has 178 valence electrons.